The molecule has 70 valence electrons. The Hall–Kier alpha value is -1.34. The van der Waals surface area contributed by atoms with Gasteiger partial charge in [0, 0.05) is 13.0 Å². The molecule has 0 aliphatic carbocycles. The molecule has 0 bridgehead atoms. The van der Waals surface area contributed by atoms with Crippen LogP contribution in [0.15, 0.2) is 5.16 Å². The van der Waals surface area contributed by atoms with Crippen LogP contribution in [0, 0.1) is 0 Å². The second kappa shape index (κ2) is 6.38. The Bertz CT molecular complexity index is 170. The molecule has 7 nitrogen and oxygen atoms in total. The average Bonchev–Trinajstić information content (AvgIpc) is 2.11. The minimum Gasteiger partial charge on any atom is -0.409 e. The SMILES string of the molecule is N/C(CCNCC(=O)NO)=N/O. The van der Waals surface area contributed by atoms with Gasteiger partial charge in [0.25, 0.3) is 5.91 Å². The predicted molar refractivity (Wildman–Crippen MR) is 40.8 cm³/mol. The fraction of sp³-hybridized carbons (Fsp3) is 0.600. The van der Waals surface area contributed by atoms with Crippen LogP contribution < -0.4 is 16.5 Å². The Morgan fingerprint density at radius 2 is 2.25 bits per heavy atom. The standard InChI is InChI=1S/C5H12N4O3/c6-4(8-11)1-2-7-3-5(10)9-12/h7,11-12H,1-3H2,(H2,6,8)(H,9,10). The van der Waals surface area contributed by atoms with Crippen LogP contribution in [0.25, 0.3) is 0 Å². The molecule has 0 heterocycles. The third kappa shape index (κ3) is 5.45. The zero-order valence-corrected chi connectivity index (χ0v) is 6.45. The van der Waals surface area contributed by atoms with Gasteiger partial charge in [-0.3, -0.25) is 10.0 Å². The number of rotatable bonds is 5. The van der Waals surface area contributed by atoms with Gasteiger partial charge in [-0.05, 0) is 0 Å². The lowest BCUT2D eigenvalue weighted by Crippen LogP contribution is -2.33. The maximum absolute atomic E-state index is 10.4. The van der Waals surface area contributed by atoms with E-state index in [0.717, 1.165) is 0 Å². The summed E-state index contributed by atoms with van der Waals surface area (Å²) < 4.78 is 0. The van der Waals surface area contributed by atoms with Gasteiger partial charge < -0.3 is 16.3 Å². The number of carbonyl (C=O) groups is 1. The number of oxime groups is 1. The van der Waals surface area contributed by atoms with E-state index in [1.165, 1.54) is 5.48 Å². The first-order valence-electron chi connectivity index (χ1n) is 3.30. The summed E-state index contributed by atoms with van der Waals surface area (Å²) in [6.07, 6.45) is 0.342. The minimum absolute atomic E-state index is 0.00475. The second-order valence-corrected chi connectivity index (χ2v) is 2.05. The molecular weight excluding hydrogens is 164 g/mol. The van der Waals surface area contributed by atoms with Crippen molar-refractivity contribution in [1.82, 2.24) is 10.8 Å². The molecule has 1 amide bonds. The molecule has 0 aliphatic heterocycles. The van der Waals surface area contributed by atoms with Gasteiger partial charge >= 0.3 is 0 Å². The number of hydrogen-bond acceptors (Lipinski definition) is 5. The fourth-order valence-corrected chi connectivity index (χ4v) is 0.508. The van der Waals surface area contributed by atoms with E-state index in [1.807, 2.05) is 0 Å². The second-order valence-electron chi connectivity index (χ2n) is 2.05. The number of amidine groups is 1. The fourth-order valence-electron chi connectivity index (χ4n) is 0.508. The monoisotopic (exact) mass is 176 g/mol. The molecule has 0 aliphatic rings. The summed E-state index contributed by atoms with van der Waals surface area (Å²) in [6, 6.07) is 0. The van der Waals surface area contributed by atoms with E-state index in [1.54, 1.807) is 0 Å². The minimum atomic E-state index is -0.533. The van der Waals surface area contributed by atoms with E-state index in [2.05, 4.69) is 10.5 Å². The van der Waals surface area contributed by atoms with Crippen molar-refractivity contribution in [3.8, 4) is 0 Å². The van der Waals surface area contributed by atoms with E-state index in [9.17, 15) is 4.79 Å². The van der Waals surface area contributed by atoms with Crippen molar-refractivity contribution in [1.29, 1.82) is 0 Å². The third-order valence-corrected chi connectivity index (χ3v) is 1.10. The number of nitrogens with one attached hydrogen (secondary N) is 2. The van der Waals surface area contributed by atoms with Crippen LogP contribution in [0.4, 0.5) is 0 Å². The summed E-state index contributed by atoms with van der Waals surface area (Å²) in [5, 5.41) is 21.6. The highest BCUT2D eigenvalue weighted by atomic mass is 16.5. The van der Waals surface area contributed by atoms with Crippen LogP contribution in [0.5, 0.6) is 0 Å². The number of amides is 1. The highest BCUT2D eigenvalue weighted by Gasteiger charge is 1.97. The number of hydroxylamine groups is 1. The topological polar surface area (TPSA) is 120 Å². The zero-order chi connectivity index (χ0) is 9.40. The molecule has 0 unspecified atom stereocenters. The molecular formula is C5H12N4O3. The smallest absolute Gasteiger partial charge is 0.257 e. The van der Waals surface area contributed by atoms with Gasteiger partial charge in [0.05, 0.1) is 6.54 Å². The Morgan fingerprint density at radius 1 is 1.58 bits per heavy atom. The number of carbonyl (C=O) groups excluding carboxylic acids is 1. The van der Waals surface area contributed by atoms with E-state index in [4.69, 9.17) is 16.1 Å². The summed E-state index contributed by atoms with van der Waals surface area (Å²) in [4.78, 5) is 10.4. The van der Waals surface area contributed by atoms with Crippen molar-refractivity contribution in [3.63, 3.8) is 0 Å². The Labute approximate surface area is 69.2 Å². The van der Waals surface area contributed by atoms with Crippen LogP contribution in [0.1, 0.15) is 6.42 Å². The molecule has 0 radical (unpaired) electrons. The zero-order valence-electron chi connectivity index (χ0n) is 6.45. The molecule has 6 N–H and O–H groups in total. The van der Waals surface area contributed by atoms with Crippen LogP contribution in [-0.2, 0) is 4.79 Å². The summed E-state index contributed by atoms with van der Waals surface area (Å²) in [5.74, 6) is -0.443. The highest BCUT2D eigenvalue weighted by Crippen LogP contribution is 1.75. The van der Waals surface area contributed by atoms with Gasteiger partial charge in [0.2, 0.25) is 0 Å². The molecule has 0 saturated carbocycles. The molecule has 0 aromatic rings. The largest absolute Gasteiger partial charge is 0.409 e. The molecule has 0 atom stereocenters. The van der Waals surface area contributed by atoms with Gasteiger partial charge in [0.1, 0.15) is 5.84 Å². The maximum atomic E-state index is 10.4. The number of hydrogen-bond donors (Lipinski definition) is 5. The van der Waals surface area contributed by atoms with Crippen molar-refractivity contribution in [2.45, 2.75) is 6.42 Å². The molecule has 0 spiro atoms. The van der Waals surface area contributed by atoms with Crippen LogP contribution in [0.2, 0.25) is 0 Å². The van der Waals surface area contributed by atoms with Gasteiger partial charge in [-0.1, -0.05) is 5.16 Å². The van der Waals surface area contributed by atoms with Crippen LogP contribution in [-0.4, -0.2) is 35.2 Å². The van der Waals surface area contributed by atoms with Crippen molar-refractivity contribution in [2.75, 3.05) is 13.1 Å². The van der Waals surface area contributed by atoms with Crippen LogP contribution >= 0.6 is 0 Å². The Balaban J connectivity index is 3.27. The molecule has 0 rings (SSSR count). The normalized spacial score (nSPS) is 11.2. The molecule has 0 aromatic heterocycles. The molecule has 0 fully saturated rings. The van der Waals surface area contributed by atoms with Crippen LogP contribution in [0.3, 0.4) is 0 Å². The van der Waals surface area contributed by atoms with Crippen molar-refractivity contribution < 1.29 is 15.2 Å². The highest BCUT2D eigenvalue weighted by molar-refractivity contribution is 5.80. The van der Waals surface area contributed by atoms with Gasteiger partial charge in [0.15, 0.2) is 0 Å². The average molecular weight is 176 g/mol. The van der Waals surface area contributed by atoms with Crippen molar-refractivity contribution in [2.24, 2.45) is 10.9 Å². The van der Waals surface area contributed by atoms with Gasteiger partial charge in [-0.2, -0.15) is 0 Å². The summed E-state index contributed by atoms with van der Waals surface area (Å²) in [7, 11) is 0. The van der Waals surface area contributed by atoms with Crippen molar-refractivity contribution in [3.05, 3.63) is 0 Å². The lowest BCUT2D eigenvalue weighted by atomic mass is 10.4. The quantitative estimate of drug-likeness (QED) is 0.0846. The van der Waals surface area contributed by atoms with Gasteiger partial charge in [-0.25, -0.2) is 5.48 Å². The lowest BCUT2D eigenvalue weighted by Gasteiger charge is -2.01. The number of nitrogens with zero attached hydrogens (tertiary/aromatic N) is 1. The van der Waals surface area contributed by atoms with E-state index < -0.39 is 5.91 Å². The molecule has 0 saturated heterocycles. The first-order valence-corrected chi connectivity index (χ1v) is 3.30. The van der Waals surface area contributed by atoms with E-state index >= 15 is 0 Å². The Kier molecular flexibility index (Phi) is 5.66. The molecule has 7 heteroatoms. The maximum Gasteiger partial charge on any atom is 0.257 e. The predicted octanol–water partition coefficient (Wildman–Crippen LogP) is -1.78. The lowest BCUT2D eigenvalue weighted by molar-refractivity contribution is -0.128. The van der Waals surface area contributed by atoms with E-state index in [-0.39, 0.29) is 12.4 Å². The van der Waals surface area contributed by atoms with Crippen molar-refractivity contribution >= 4 is 11.7 Å². The summed E-state index contributed by atoms with van der Waals surface area (Å²) >= 11 is 0. The number of nitrogens with two attached hydrogens (primary N) is 1. The summed E-state index contributed by atoms with van der Waals surface area (Å²) in [6.45, 7) is 0.401. The Morgan fingerprint density at radius 3 is 2.75 bits per heavy atom. The molecule has 12 heavy (non-hydrogen) atoms. The van der Waals surface area contributed by atoms with Gasteiger partial charge in [-0.15, -0.1) is 0 Å². The summed E-state index contributed by atoms with van der Waals surface area (Å²) in [5.41, 5.74) is 6.59. The third-order valence-electron chi connectivity index (χ3n) is 1.10. The molecule has 0 aromatic carbocycles. The first-order chi connectivity index (χ1) is 5.70. The van der Waals surface area contributed by atoms with E-state index in [0.29, 0.717) is 13.0 Å². The first kappa shape index (κ1) is 10.7.